The van der Waals surface area contributed by atoms with Gasteiger partial charge in [-0.1, -0.05) is 12.1 Å². The van der Waals surface area contributed by atoms with Crippen LogP contribution < -0.4 is 10.2 Å². The molecule has 39 heavy (non-hydrogen) atoms. The Balaban J connectivity index is 1.40. The van der Waals surface area contributed by atoms with Crippen molar-refractivity contribution in [3.05, 3.63) is 47.7 Å². The van der Waals surface area contributed by atoms with Crippen LogP contribution in [0.2, 0.25) is 0 Å². The average Bonchev–Trinajstić information content (AvgIpc) is 3.33. The molecule has 0 saturated carbocycles. The number of benzene rings is 1. The van der Waals surface area contributed by atoms with Crippen molar-refractivity contribution >= 4 is 37.3 Å². The lowest BCUT2D eigenvalue weighted by atomic mass is 10.2. The molecule has 0 bridgehead atoms. The molecule has 15 heteroatoms. The molecule has 2 saturated heterocycles. The monoisotopic (exact) mass is 576 g/mol. The van der Waals surface area contributed by atoms with Crippen LogP contribution in [-0.2, 0) is 30.4 Å². The zero-order valence-electron chi connectivity index (χ0n) is 21.9. The molecule has 0 radical (unpaired) electrons. The van der Waals surface area contributed by atoms with Crippen molar-refractivity contribution in [3.63, 3.8) is 0 Å². The third kappa shape index (κ3) is 6.38. The zero-order chi connectivity index (χ0) is 27.6. The van der Waals surface area contributed by atoms with E-state index in [9.17, 15) is 16.8 Å². The number of aryl methyl sites for hydroxylation is 1. The van der Waals surface area contributed by atoms with Crippen LogP contribution in [0.5, 0.6) is 0 Å². The van der Waals surface area contributed by atoms with E-state index in [1.165, 1.54) is 28.6 Å². The van der Waals surface area contributed by atoms with Crippen molar-refractivity contribution in [3.8, 4) is 0 Å². The van der Waals surface area contributed by atoms with Gasteiger partial charge in [0.25, 0.3) is 5.16 Å². The van der Waals surface area contributed by atoms with Gasteiger partial charge in [-0.2, -0.15) is 9.40 Å². The maximum atomic E-state index is 13.5. The fraction of sp³-hybridized carbons (Fsp3) is 0.458. The number of anilines is 3. The number of rotatable bonds is 8. The second kappa shape index (κ2) is 11.2. The Bertz CT molecular complexity index is 1510. The predicted octanol–water partition coefficient (Wildman–Crippen LogP) is 0.998. The van der Waals surface area contributed by atoms with E-state index in [1.54, 1.807) is 12.1 Å². The molecule has 13 nitrogen and oxygen atoms in total. The molecule has 0 aliphatic carbocycles. The number of piperazine rings is 1. The third-order valence-corrected chi connectivity index (χ3v) is 10.0. The summed E-state index contributed by atoms with van der Waals surface area (Å²) in [6, 6.07) is 9.41. The number of morpholine rings is 1. The minimum Gasteiger partial charge on any atom is -0.379 e. The van der Waals surface area contributed by atoms with E-state index >= 15 is 0 Å². The lowest BCUT2D eigenvalue weighted by molar-refractivity contribution is 0.0730. The molecule has 210 valence electrons. The number of nitrogens with one attached hydrogen (secondary N) is 2. The van der Waals surface area contributed by atoms with E-state index in [1.807, 2.05) is 18.9 Å². The van der Waals surface area contributed by atoms with Crippen LogP contribution in [0.4, 0.5) is 17.5 Å². The number of H-pyrrole nitrogens is 1. The SMILES string of the molecule is Cc1cc(Nc2cc(N3CCN(C)CC3)nc(S(=O)(=O)Cc3ccc(S(=O)(=O)N4CCOCC4)cc3)n2)n[nH]1. The molecule has 2 aliphatic rings. The van der Waals surface area contributed by atoms with Crippen molar-refractivity contribution < 1.29 is 21.6 Å². The molecule has 0 spiro atoms. The third-order valence-electron chi connectivity index (χ3n) is 6.65. The first-order valence-electron chi connectivity index (χ1n) is 12.6. The second-order valence-corrected chi connectivity index (χ2v) is 13.5. The van der Waals surface area contributed by atoms with Gasteiger partial charge in [0.2, 0.25) is 19.9 Å². The zero-order valence-corrected chi connectivity index (χ0v) is 23.5. The molecule has 1 aromatic carbocycles. The number of nitrogens with zero attached hydrogens (tertiary/aromatic N) is 6. The predicted molar refractivity (Wildman–Crippen MR) is 145 cm³/mol. The summed E-state index contributed by atoms with van der Waals surface area (Å²) in [5.41, 5.74) is 1.28. The van der Waals surface area contributed by atoms with Gasteiger partial charge in [-0.25, -0.2) is 26.8 Å². The van der Waals surface area contributed by atoms with E-state index in [0.717, 1.165) is 18.8 Å². The van der Waals surface area contributed by atoms with Crippen molar-refractivity contribution in [1.82, 2.24) is 29.4 Å². The maximum Gasteiger partial charge on any atom is 0.251 e. The molecule has 2 N–H and O–H groups in total. The summed E-state index contributed by atoms with van der Waals surface area (Å²) in [4.78, 5) is 13.1. The van der Waals surface area contributed by atoms with Crippen LogP contribution in [0.25, 0.3) is 0 Å². The first-order valence-corrected chi connectivity index (χ1v) is 15.7. The van der Waals surface area contributed by atoms with Crippen LogP contribution in [0.15, 0.2) is 46.5 Å². The van der Waals surface area contributed by atoms with Crippen LogP contribution in [-0.4, -0.2) is 106 Å². The molecule has 2 fully saturated rings. The highest BCUT2D eigenvalue weighted by Crippen LogP contribution is 2.25. The van der Waals surface area contributed by atoms with E-state index in [2.05, 4.69) is 30.4 Å². The molecule has 0 unspecified atom stereocenters. The largest absolute Gasteiger partial charge is 0.379 e. The van der Waals surface area contributed by atoms with Crippen molar-refractivity contribution in [2.45, 2.75) is 22.7 Å². The quantitative estimate of drug-likeness (QED) is 0.369. The van der Waals surface area contributed by atoms with E-state index in [-0.39, 0.29) is 28.9 Å². The number of aromatic nitrogens is 4. The highest BCUT2D eigenvalue weighted by atomic mass is 32.2. The minimum absolute atomic E-state index is 0.111. The highest BCUT2D eigenvalue weighted by molar-refractivity contribution is 7.90. The summed E-state index contributed by atoms with van der Waals surface area (Å²) >= 11 is 0. The molecule has 5 rings (SSSR count). The molecule has 2 aromatic heterocycles. The molecule has 0 amide bonds. The molecular weight excluding hydrogens is 544 g/mol. The maximum absolute atomic E-state index is 13.5. The number of aromatic amines is 1. The Kier molecular flexibility index (Phi) is 7.87. The first-order chi connectivity index (χ1) is 18.6. The van der Waals surface area contributed by atoms with Gasteiger partial charge in [-0.3, -0.25) is 5.10 Å². The Morgan fingerprint density at radius 1 is 0.923 bits per heavy atom. The molecule has 0 atom stereocenters. The highest BCUT2D eigenvalue weighted by Gasteiger charge is 2.27. The average molecular weight is 577 g/mol. The fourth-order valence-electron chi connectivity index (χ4n) is 4.40. The van der Waals surface area contributed by atoms with E-state index in [4.69, 9.17) is 4.74 Å². The molecule has 4 heterocycles. The number of ether oxygens (including phenoxy) is 1. The summed E-state index contributed by atoms with van der Waals surface area (Å²) in [5.74, 6) is 0.961. The lowest BCUT2D eigenvalue weighted by Crippen LogP contribution is -2.45. The number of sulfonamides is 1. The topological polar surface area (TPSA) is 154 Å². The standard InChI is InChI=1S/C24H32N8O5S2/c1-18-15-22(29-28-18)25-21-16-23(31-9-7-30(2)8-10-31)27-24(26-21)38(33,34)17-19-3-5-20(6-4-19)39(35,36)32-11-13-37-14-12-32/h3-6,15-16H,7-14,17H2,1-2H3,(H2,25,26,27,28,29). The Hall–Kier alpha value is -3.11. The number of sulfone groups is 1. The molecule has 2 aliphatic heterocycles. The van der Waals surface area contributed by atoms with E-state index < -0.39 is 19.9 Å². The molecule has 3 aromatic rings. The number of likely N-dealkylation sites (N-methyl/N-ethyl adjacent to an activating group) is 1. The molecular formula is C24H32N8O5S2. The van der Waals surface area contributed by atoms with Gasteiger partial charge < -0.3 is 19.9 Å². The van der Waals surface area contributed by atoms with Gasteiger partial charge in [0.05, 0.1) is 23.9 Å². The Labute approximate surface area is 228 Å². The van der Waals surface area contributed by atoms with Gasteiger partial charge in [0, 0.05) is 57.1 Å². The summed E-state index contributed by atoms with van der Waals surface area (Å²) < 4.78 is 59.4. The fourth-order valence-corrected chi connectivity index (χ4v) is 7.04. The summed E-state index contributed by atoms with van der Waals surface area (Å²) in [5, 5.41) is 9.76. The van der Waals surface area contributed by atoms with Crippen LogP contribution in [0, 0.1) is 6.92 Å². The van der Waals surface area contributed by atoms with Gasteiger partial charge in [-0.15, -0.1) is 0 Å². The first kappa shape index (κ1) is 27.5. The van der Waals surface area contributed by atoms with Gasteiger partial charge in [0.15, 0.2) is 5.82 Å². The van der Waals surface area contributed by atoms with Crippen LogP contribution in [0.3, 0.4) is 0 Å². The van der Waals surface area contributed by atoms with Crippen LogP contribution >= 0.6 is 0 Å². The number of hydrogen-bond donors (Lipinski definition) is 2. The lowest BCUT2D eigenvalue weighted by Gasteiger charge is -2.33. The van der Waals surface area contributed by atoms with Gasteiger partial charge in [-0.05, 0) is 31.7 Å². The summed E-state index contributed by atoms with van der Waals surface area (Å²) in [7, 11) is -5.61. The Morgan fingerprint density at radius 2 is 1.62 bits per heavy atom. The van der Waals surface area contributed by atoms with Gasteiger partial charge >= 0.3 is 0 Å². The minimum atomic E-state index is -3.97. The van der Waals surface area contributed by atoms with Gasteiger partial charge in [0.1, 0.15) is 11.6 Å². The van der Waals surface area contributed by atoms with Crippen molar-refractivity contribution in [2.24, 2.45) is 0 Å². The summed E-state index contributed by atoms with van der Waals surface area (Å²) in [6.07, 6.45) is 0. The summed E-state index contributed by atoms with van der Waals surface area (Å²) in [6.45, 7) is 6.18. The van der Waals surface area contributed by atoms with Crippen molar-refractivity contribution in [1.29, 1.82) is 0 Å². The normalized spacial score (nSPS) is 17.8. The van der Waals surface area contributed by atoms with Crippen LogP contribution in [0.1, 0.15) is 11.3 Å². The smallest absolute Gasteiger partial charge is 0.251 e. The Morgan fingerprint density at radius 3 is 2.26 bits per heavy atom. The number of hydrogen-bond acceptors (Lipinski definition) is 11. The van der Waals surface area contributed by atoms with E-state index in [0.29, 0.717) is 49.3 Å². The van der Waals surface area contributed by atoms with Crippen molar-refractivity contribution in [2.75, 3.05) is 69.7 Å². The second-order valence-electron chi connectivity index (χ2n) is 9.66.